The standard InChI is InChI=1S/C12H16N2O3/c15-11(13-8-10-4-3-7-17-10)9-14-6-2-1-5-12(14)16/h1-2,5-6,10H,3-4,7-9H2,(H,13,15)/t10-/m0/s1. The molecule has 5 nitrogen and oxygen atoms in total. The number of aromatic nitrogens is 1. The van der Waals surface area contributed by atoms with Gasteiger partial charge in [-0.3, -0.25) is 9.59 Å². The number of hydrogen-bond acceptors (Lipinski definition) is 3. The number of pyridine rings is 1. The van der Waals surface area contributed by atoms with Crippen LogP contribution in [0.1, 0.15) is 12.8 Å². The third-order valence-electron chi connectivity index (χ3n) is 2.76. The van der Waals surface area contributed by atoms with Gasteiger partial charge in [0, 0.05) is 25.4 Å². The van der Waals surface area contributed by atoms with Gasteiger partial charge in [0.05, 0.1) is 6.10 Å². The van der Waals surface area contributed by atoms with Gasteiger partial charge in [-0.2, -0.15) is 0 Å². The zero-order valence-corrected chi connectivity index (χ0v) is 9.59. The van der Waals surface area contributed by atoms with Crippen molar-refractivity contribution in [1.29, 1.82) is 0 Å². The molecule has 2 heterocycles. The van der Waals surface area contributed by atoms with Crippen LogP contribution >= 0.6 is 0 Å². The summed E-state index contributed by atoms with van der Waals surface area (Å²) in [4.78, 5) is 23.0. The van der Waals surface area contributed by atoms with E-state index < -0.39 is 0 Å². The van der Waals surface area contributed by atoms with Crippen LogP contribution in [0.3, 0.4) is 0 Å². The molecular formula is C12H16N2O3. The van der Waals surface area contributed by atoms with Gasteiger partial charge in [0.15, 0.2) is 0 Å². The molecular weight excluding hydrogens is 220 g/mol. The quantitative estimate of drug-likeness (QED) is 0.809. The summed E-state index contributed by atoms with van der Waals surface area (Å²) in [6.07, 6.45) is 3.78. The van der Waals surface area contributed by atoms with E-state index in [9.17, 15) is 9.59 Å². The average Bonchev–Trinajstić information content (AvgIpc) is 2.82. The van der Waals surface area contributed by atoms with E-state index in [1.54, 1.807) is 18.3 Å². The van der Waals surface area contributed by atoms with Crippen molar-refractivity contribution in [3.63, 3.8) is 0 Å². The summed E-state index contributed by atoms with van der Waals surface area (Å²) in [6.45, 7) is 1.37. The Kier molecular flexibility index (Phi) is 3.93. The molecule has 1 aliphatic rings. The number of ether oxygens (including phenoxy) is 1. The Hall–Kier alpha value is -1.62. The molecule has 1 aromatic rings. The van der Waals surface area contributed by atoms with E-state index in [0.717, 1.165) is 19.4 Å². The van der Waals surface area contributed by atoms with E-state index in [1.165, 1.54) is 10.6 Å². The van der Waals surface area contributed by atoms with Crippen molar-refractivity contribution >= 4 is 5.91 Å². The first-order valence-corrected chi connectivity index (χ1v) is 5.79. The maximum Gasteiger partial charge on any atom is 0.250 e. The molecule has 1 fully saturated rings. The Bertz CT molecular complexity index is 435. The van der Waals surface area contributed by atoms with Crippen molar-refractivity contribution < 1.29 is 9.53 Å². The molecule has 1 atom stereocenters. The molecule has 0 aromatic carbocycles. The van der Waals surface area contributed by atoms with E-state index in [0.29, 0.717) is 6.54 Å². The summed E-state index contributed by atoms with van der Waals surface area (Å²) in [5.74, 6) is -0.159. The van der Waals surface area contributed by atoms with Crippen LogP contribution in [0.25, 0.3) is 0 Å². The molecule has 1 N–H and O–H groups in total. The molecule has 0 unspecified atom stereocenters. The summed E-state index contributed by atoms with van der Waals surface area (Å²) in [6, 6.07) is 4.82. The minimum atomic E-state index is -0.167. The first-order valence-electron chi connectivity index (χ1n) is 5.79. The fourth-order valence-corrected chi connectivity index (χ4v) is 1.83. The van der Waals surface area contributed by atoms with E-state index in [4.69, 9.17) is 4.74 Å². The van der Waals surface area contributed by atoms with Crippen LogP contribution in [0, 0.1) is 0 Å². The molecule has 0 radical (unpaired) electrons. The summed E-state index contributed by atoms with van der Waals surface area (Å²) in [5, 5.41) is 2.78. The molecule has 1 saturated heterocycles. The predicted molar refractivity (Wildman–Crippen MR) is 62.7 cm³/mol. The number of hydrogen-bond donors (Lipinski definition) is 1. The Balaban J connectivity index is 1.81. The minimum Gasteiger partial charge on any atom is -0.376 e. The van der Waals surface area contributed by atoms with Gasteiger partial charge in [0.25, 0.3) is 5.56 Å². The summed E-state index contributed by atoms with van der Waals surface area (Å²) < 4.78 is 6.77. The molecule has 5 heteroatoms. The van der Waals surface area contributed by atoms with Crippen LogP contribution in [0.2, 0.25) is 0 Å². The Morgan fingerprint density at radius 2 is 2.41 bits per heavy atom. The van der Waals surface area contributed by atoms with Gasteiger partial charge >= 0.3 is 0 Å². The fraction of sp³-hybridized carbons (Fsp3) is 0.500. The highest BCUT2D eigenvalue weighted by Crippen LogP contribution is 2.10. The lowest BCUT2D eigenvalue weighted by Crippen LogP contribution is -2.36. The molecule has 0 saturated carbocycles. The number of nitrogens with one attached hydrogen (secondary N) is 1. The molecule has 0 aliphatic carbocycles. The molecule has 1 aliphatic heterocycles. The molecule has 2 rings (SSSR count). The zero-order chi connectivity index (χ0) is 12.1. The SMILES string of the molecule is O=C(Cn1ccccc1=O)NC[C@@H]1CCCO1. The maximum atomic E-state index is 11.6. The van der Waals surface area contributed by atoms with Crippen LogP contribution in [-0.2, 0) is 16.1 Å². The second-order valence-electron chi connectivity index (χ2n) is 4.11. The normalized spacial score (nSPS) is 19.2. The smallest absolute Gasteiger partial charge is 0.250 e. The number of carbonyl (C=O) groups excluding carboxylic acids is 1. The second-order valence-corrected chi connectivity index (χ2v) is 4.11. The number of nitrogens with zero attached hydrogens (tertiary/aromatic N) is 1. The van der Waals surface area contributed by atoms with Gasteiger partial charge < -0.3 is 14.6 Å². The molecule has 0 bridgehead atoms. The lowest BCUT2D eigenvalue weighted by atomic mass is 10.2. The molecule has 1 amide bonds. The van der Waals surface area contributed by atoms with Crippen LogP contribution < -0.4 is 10.9 Å². The fourth-order valence-electron chi connectivity index (χ4n) is 1.83. The van der Waals surface area contributed by atoms with Crippen LogP contribution in [0.5, 0.6) is 0 Å². The van der Waals surface area contributed by atoms with Crippen molar-refractivity contribution in [1.82, 2.24) is 9.88 Å². The molecule has 1 aromatic heterocycles. The predicted octanol–water partition coefficient (Wildman–Crippen LogP) is 0.143. The zero-order valence-electron chi connectivity index (χ0n) is 9.59. The van der Waals surface area contributed by atoms with Crippen molar-refractivity contribution in [3.8, 4) is 0 Å². The average molecular weight is 236 g/mol. The number of rotatable bonds is 4. The van der Waals surface area contributed by atoms with Gasteiger partial charge in [-0.05, 0) is 18.9 Å². The Morgan fingerprint density at radius 1 is 1.53 bits per heavy atom. The van der Waals surface area contributed by atoms with Crippen LogP contribution in [0.4, 0.5) is 0 Å². The van der Waals surface area contributed by atoms with Gasteiger partial charge in [-0.25, -0.2) is 0 Å². The van der Waals surface area contributed by atoms with Gasteiger partial charge in [-0.15, -0.1) is 0 Å². The third kappa shape index (κ3) is 3.42. The Labute approximate surface area is 99.4 Å². The second kappa shape index (κ2) is 5.63. The van der Waals surface area contributed by atoms with E-state index in [2.05, 4.69) is 5.32 Å². The van der Waals surface area contributed by atoms with Crippen LogP contribution in [0.15, 0.2) is 29.2 Å². The largest absolute Gasteiger partial charge is 0.376 e. The Morgan fingerprint density at radius 3 is 3.12 bits per heavy atom. The van der Waals surface area contributed by atoms with Gasteiger partial charge in [0.2, 0.25) is 5.91 Å². The van der Waals surface area contributed by atoms with Crippen molar-refractivity contribution in [2.75, 3.05) is 13.2 Å². The van der Waals surface area contributed by atoms with Gasteiger partial charge in [-0.1, -0.05) is 6.07 Å². The lowest BCUT2D eigenvalue weighted by molar-refractivity contribution is -0.122. The topological polar surface area (TPSA) is 60.3 Å². The summed E-state index contributed by atoms with van der Waals surface area (Å²) in [5.41, 5.74) is -0.167. The van der Waals surface area contributed by atoms with Crippen molar-refractivity contribution in [2.45, 2.75) is 25.5 Å². The van der Waals surface area contributed by atoms with E-state index in [-0.39, 0.29) is 24.1 Å². The highest BCUT2D eigenvalue weighted by atomic mass is 16.5. The van der Waals surface area contributed by atoms with E-state index >= 15 is 0 Å². The summed E-state index contributed by atoms with van der Waals surface area (Å²) >= 11 is 0. The van der Waals surface area contributed by atoms with Crippen molar-refractivity contribution in [3.05, 3.63) is 34.7 Å². The van der Waals surface area contributed by atoms with E-state index in [1.807, 2.05) is 0 Å². The minimum absolute atomic E-state index is 0.0619. The molecule has 17 heavy (non-hydrogen) atoms. The highest BCUT2D eigenvalue weighted by Gasteiger charge is 2.16. The van der Waals surface area contributed by atoms with Crippen LogP contribution in [-0.4, -0.2) is 29.7 Å². The van der Waals surface area contributed by atoms with Crippen molar-refractivity contribution in [2.24, 2.45) is 0 Å². The first-order chi connectivity index (χ1) is 8.25. The maximum absolute atomic E-state index is 11.6. The summed E-state index contributed by atoms with van der Waals surface area (Å²) in [7, 11) is 0. The first kappa shape index (κ1) is 11.9. The lowest BCUT2D eigenvalue weighted by Gasteiger charge is -2.11. The number of carbonyl (C=O) groups is 1. The molecule has 0 spiro atoms. The van der Waals surface area contributed by atoms with Gasteiger partial charge in [0.1, 0.15) is 6.54 Å². The number of amides is 1. The highest BCUT2D eigenvalue weighted by molar-refractivity contribution is 5.75. The third-order valence-corrected chi connectivity index (χ3v) is 2.76. The monoisotopic (exact) mass is 236 g/mol. The molecule has 92 valence electrons.